The fourth-order valence-electron chi connectivity index (χ4n) is 3.68. The van der Waals surface area contributed by atoms with Gasteiger partial charge in [-0.1, -0.05) is 42.1 Å². The molecule has 0 radical (unpaired) electrons. The summed E-state index contributed by atoms with van der Waals surface area (Å²) in [6.45, 7) is 4.42. The minimum Gasteiger partial charge on any atom is -0.379 e. The molecule has 128 valence electrons. The van der Waals surface area contributed by atoms with Crippen molar-refractivity contribution in [1.82, 2.24) is 4.90 Å². The number of morpholine rings is 1. The Labute approximate surface area is 148 Å². The molecule has 2 atom stereocenters. The van der Waals surface area contributed by atoms with Crippen molar-refractivity contribution in [2.45, 2.75) is 44.2 Å². The lowest BCUT2D eigenvalue weighted by Gasteiger charge is -2.41. The highest BCUT2D eigenvalue weighted by atomic mass is 35.5. The SMILES string of the molecule is Clc1cccc(Cl)c1CCO[C@H]1CCCC[C@@H]1N1CCOCC1. The van der Waals surface area contributed by atoms with Crippen molar-refractivity contribution in [2.75, 3.05) is 32.9 Å². The van der Waals surface area contributed by atoms with Gasteiger partial charge in [-0.2, -0.15) is 0 Å². The summed E-state index contributed by atoms with van der Waals surface area (Å²) in [7, 11) is 0. The fraction of sp³-hybridized carbons (Fsp3) is 0.667. The first kappa shape index (κ1) is 17.5. The molecule has 3 nitrogen and oxygen atoms in total. The normalized spacial score (nSPS) is 26.3. The van der Waals surface area contributed by atoms with Crippen molar-refractivity contribution >= 4 is 23.2 Å². The van der Waals surface area contributed by atoms with Crippen molar-refractivity contribution in [3.8, 4) is 0 Å². The molecule has 0 amide bonds. The molecular weight excluding hydrogens is 333 g/mol. The summed E-state index contributed by atoms with van der Waals surface area (Å²) in [4.78, 5) is 2.55. The Hall–Kier alpha value is -0.320. The van der Waals surface area contributed by atoms with Crippen LogP contribution < -0.4 is 0 Å². The number of hydrogen-bond acceptors (Lipinski definition) is 3. The van der Waals surface area contributed by atoms with Crippen LogP contribution in [0.4, 0.5) is 0 Å². The second kappa shape index (κ2) is 8.68. The predicted molar refractivity (Wildman–Crippen MR) is 94.6 cm³/mol. The number of benzene rings is 1. The van der Waals surface area contributed by atoms with Crippen LogP contribution in [0, 0.1) is 0 Å². The van der Waals surface area contributed by atoms with Gasteiger partial charge < -0.3 is 9.47 Å². The molecule has 0 N–H and O–H groups in total. The van der Waals surface area contributed by atoms with E-state index < -0.39 is 0 Å². The van der Waals surface area contributed by atoms with Gasteiger partial charge in [0.15, 0.2) is 0 Å². The Morgan fingerprint density at radius 2 is 1.78 bits per heavy atom. The van der Waals surface area contributed by atoms with E-state index in [4.69, 9.17) is 32.7 Å². The van der Waals surface area contributed by atoms with E-state index in [0.717, 1.165) is 54.8 Å². The number of ether oxygens (including phenoxy) is 2. The summed E-state index contributed by atoms with van der Waals surface area (Å²) in [6, 6.07) is 6.19. The highest BCUT2D eigenvalue weighted by Crippen LogP contribution is 2.28. The van der Waals surface area contributed by atoms with Crippen LogP contribution in [0.2, 0.25) is 10.0 Å². The van der Waals surface area contributed by atoms with Crippen molar-refractivity contribution in [1.29, 1.82) is 0 Å². The highest BCUT2D eigenvalue weighted by molar-refractivity contribution is 6.35. The van der Waals surface area contributed by atoms with Gasteiger partial charge in [0.1, 0.15) is 0 Å². The number of hydrogen-bond donors (Lipinski definition) is 0. The molecule has 0 unspecified atom stereocenters. The van der Waals surface area contributed by atoms with Crippen LogP contribution in [-0.4, -0.2) is 50.0 Å². The Balaban J connectivity index is 1.55. The number of rotatable bonds is 5. The largest absolute Gasteiger partial charge is 0.379 e. The lowest BCUT2D eigenvalue weighted by Crippen LogP contribution is -2.51. The smallest absolute Gasteiger partial charge is 0.0730 e. The third-order valence-corrected chi connectivity index (χ3v) is 5.64. The predicted octanol–water partition coefficient (Wildman–Crippen LogP) is 4.20. The first-order valence-electron chi connectivity index (χ1n) is 8.62. The van der Waals surface area contributed by atoms with Gasteiger partial charge in [-0.25, -0.2) is 0 Å². The molecule has 1 aromatic rings. The molecule has 3 rings (SSSR count). The zero-order chi connectivity index (χ0) is 16.1. The van der Waals surface area contributed by atoms with Gasteiger partial charge >= 0.3 is 0 Å². The maximum Gasteiger partial charge on any atom is 0.0730 e. The van der Waals surface area contributed by atoms with Gasteiger partial charge in [-0.05, 0) is 37.0 Å². The summed E-state index contributed by atoms with van der Waals surface area (Å²) in [5.41, 5.74) is 0.995. The average Bonchev–Trinajstić information content (AvgIpc) is 2.59. The Morgan fingerprint density at radius 1 is 1.09 bits per heavy atom. The van der Waals surface area contributed by atoms with Gasteiger partial charge in [0.25, 0.3) is 0 Å². The molecule has 0 spiro atoms. The average molecular weight is 358 g/mol. The molecule has 1 saturated heterocycles. The molecule has 23 heavy (non-hydrogen) atoms. The molecule has 5 heteroatoms. The first-order chi connectivity index (χ1) is 11.3. The van der Waals surface area contributed by atoms with Crippen LogP contribution in [0.15, 0.2) is 18.2 Å². The van der Waals surface area contributed by atoms with E-state index in [2.05, 4.69) is 4.90 Å². The maximum absolute atomic E-state index is 6.26. The van der Waals surface area contributed by atoms with Crippen molar-refractivity contribution < 1.29 is 9.47 Å². The van der Waals surface area contributed by atoms with Gasteiger partial charge in [-0.3, -0.25) is 4.90 Å². The molecule has 1 aliphatic heterocycles. The molecule has 1 aromatic carbocycles. The van der Waals surface area contributed by atoms with Gasteiger partial charge in [0, 0.05) is 29.2 Å². The summed E-state index contributed by atoms with van der Waals surface area (Å²) in [5, 5.41) is 1.46. The monoisotopic (exact) mass is 357 g/mol. The number of nitrogens with zero attached hydrogens (tertiary/aromatic N) is 1. The van der Waals surface area contributed by atoms with E-state index in [9.17, 15) is 0 Å². The van der Waals surface area contributed by atoms with Crippen molar-refractivity contribution in [3.63, 3.8) is 0 Å². The molecule has 0 bridgehead atoms. The molecule has 1 saturated carbocycles. The molecule has 2 aliphatic rings. The van der Waals surface area contributed by atoms with Crippen LogP contribution in [0.1, 0.15) is 31.2 Å². The van der Waals surface area contributed by atoms with E-state index in [1.165, 1.54) is 19.3 Å². The summed E-state index contributed by atoms with van der Waals surface area (Å²) >= 11 is 12.5. The van der Waals surface area contributed by atoms with Crippen LogP contribution >= 0.6 is 23.2 Å². The molecule has 1 aliphatic carbocycles. The fourth-order valence-corrected chi connectivity index (χ4v) is 4.27. The minimum absolute atomic E-state index is 0.322. The second-order valence-corrected chi connectivity index (χ2v) is 7.17. The topological polar surface area (TPSA) is 21.7 Å². The van der Waals surface area contributed by atoms with Crippen molar-refractivity contribution in [3.05, 3.63) is 33.8 Å². The van der Waals surface area contributed by atoms with E-state index in [0.29, 0.717) is 18.8 Å². The van der Waals surface area contributed by atoms with Crippen molar-refractivity contribution in [2.24, 2.45) is 0 Å². The molecule has 2 fully saturated rings. The van der Waals surface area contributed by atoms with Crippen LogP contribution in [0.25, 0.3) is 0 Å². The maximum atomic E-state index is 6.26. The summed E-state index contributed by atoms with van der Waals surface area (Å²) in [6.07, 6.45) is 6.04. The molecule has 1 heterocycles. The quantitative estimate of drug-likeness (QED) is 0.788. The lowest BCUT2D eigenvalue weighted by molar-refractivity contribution is -0.0647. The third kappa shape index (κ3) is 4.61. The van der Waals surface area contributed by atoms with Gasteiger partial charge in [0.2, 0.25) is 0 Å². The first-order valence-corrected chi connectivity index (χ1v) is 9.37. The zero-order valence-corrected chi connectivity index (χ0v) is 15.0. The zero-order valence-electron chi connectivity index (χ0n) is 13.5. The summed E-state index contributed by atoms with van der Waals surface area (Å²) in [5.74, 6) is 0. The Bertz CT molecular complexity index is 486. The third-order valence-electron chi connectivity index (χ3n) is 4.93. The molecular formula is C18H25Cl2NO2. The number of halogens is 2. The lowest BCUT2D eigenvalue weighted by atomic mass is 9.91. The van der Waals surface area contributed by atoms with Gasteiger partial charge in [0.05, 0.1) is 25.9 Å². The Kier molecular flexibility index (Phi) is 6.61. The van der Waals surface area contributed by atoms with E-state index in [1.54, 1.807) is 0 Å². The molecule has 0 aromatic heterocycles. The van der Waals surface area contributed by atoms with E-state index >= 15 is 0 Å². The Morgan fingerprint density at radius 3 is 2.52 bits per heavy atom. The van der Waals surface area contributed by atoms with E-state index in [-0.39, 0.29) is 0 Å². The summed E-state index contributed by atoms with van der Waals surface area (Å²) < 4.78 is 11.7. The second-order valence-electron chi connectivity index (χ2n) is 6.36. The van der Waals surface area contributed by atoms with Crippen LogP contribution in [0.5, 0.6) is 0 Å². The standard InChI is InChI=1S/C18H25Cl2NO2/c19-15-4-3-5-16(20)14(15)8-11-23-18-7-2-1-6-17(18)21-9-12-22-13-10-21/h3-5,17-18H,1-2,6-13H2/t17-,18-/m0/s1. The van der Waals surface area contributed by atoms with E-state index in [1.807, 2.05) is 18.2 Å². The van der Waals surface area contributed by atoms with Crippen LogP contribution in [-0.2, 0) is 15.9 Å². The highest BCUT2D eigenvalue weighted by Gasteiger charge is 2.31. The van der Waals surface area contributed by atoms with Crippen LogP contribution in [0.3, 0.4) is 0 Å². The minimum atomic E-state index is 0.322. The van der Waals surface area contributed by atoms with Gasteiger partial charge in [-0.15, -0.1) is 0 Å².